The van der Waals surface area contributed by atoms with Gasteiger partial charge in [0, 0.05) is 13.1 Å². The Morgan fingerprint density at radius 2 is 2.03 bits per heavy atom. The normalized spacial score (nSPS) is 13.4. The Kier molecular flexibility index (Phi) is 5.44. The number of para-hydroxylation sites is 1. The summed E-state index contributed by atoms with van der Waals surface area (Å²) in [6.45, 7) is 4.79. The number of aromatic nitrogens is 2. The van der Waals surface area contributed by atoms with E-state index in [0.717, 1.165) is 5.56 Å². The molecule has 8 heteroatoms. The second kappa shape index (κ2) is 8.16. The van der Waals surface area contributed by atoms with E-state index in [1.807, 2.05) is 43.3 Å². The Hall–Kier alpha value is -3.00. The molecule has 1 amide bonds. The van der Waals surface area contributed by atoms with Crippen molar-refractivity contribution in [1.82, 2.24) is 14.9 Å². The van der Waals surface area contributed by atoms with Crippen molar-refractivity contribution in [2.45, 2.75) is 37.3 Å². The molecule has 29 heavy (non-hydrogen) atoms. The van der Waals surface area contributed by atoms with Crippen LogP contribution in [-0.2, 0) is 17.9 Å². The second-order valence-corrected chi connectivity index (χ2v) is 7.93. The number of thioether (sulfide) groups is 1. The average molecular weight is 411 g/mol. The highest BCUT2D eigenvalue weighted by Crippen LogP contribution is 2.32. The molecular formula is C21H21N3O4S. The lowest BCUT2D eigenvalue weighted by molar-refractivity contribution is -0.120. The van der Waals surface area contributed by atoms with Crippen LogP contribution in [0.25, 0.3) is 10.9 Å². The zero-order valence-electron chi connectivity index (χ0n) is 16.2. The van der Waals surface area contributed by atoms with Crippen molar-refractivity contribution in [3.63, 3.8) is 0 Å². The van der Waals surface area contributed by atoms with Gasteiger partial charge >= 0.3 is 0 Å². The quantitative estimate of drug-likeness (QED) is 0.496. The van der Waals surface area contributed by atoms with Crippen molar-refractivity contribution >= 4 is 28.6 Å². The molecule has 1 aromatic heterocycles. The zero-order chi connectivity index (χ0) is 20.4. The van der Waals surface area contributed by atoms with E-state index >= 15 is 0 Å². The third-order valence-electron chi connectivity index (χ3n) is 4.70. The molecule has 1 aliphatic heterocycles. The van der Waals surface area contributed by atoms with Crippen molar-refractivity contribution in [3.8, 4) is 11.5 Å². The summed E-state index contributed by atoms with van der Waals surface area (Å²) in [5.74, 6) is 1.27. The minimum Gasteiger partial charge on any atom is -0.454 e. The topological polar surface area (TPSA) is 82.5 Å². The van der Waals surface area contributed by atoms with Gasteiger partial charge in [-0.25, -0.2) is 4.98 Å². The Labute approximate surface area is 172 Å². The van der Waals surface area contributed by atoms with E-state index in [1.165, 1.54) is 11.8 Å². The molecule has 2 aromatic carbocycles. The number of ether oxygens (including phenoxy) is 2. The fourth-order valence-electron chi connectivity index (χ4n) is 3.11. The van der Waals surface area contributed by atoms with Crippen molar-refractivity contribution in [2.75, 3.05) is 6.79 Å². The van der Waals surface area contributed by atoms with Crippen LogP contribution >= 0.6 is 11.8 Å². The van der Waals surface area contributed by atoms with Crippen LogP contribution in [-0.4, -0.2) is 27.5 Å². The van der Waals surface area contributed by atoms with E-state index in [4.69, 9.17) is 9.47 Å². The SMILES string of the molecule is CCn1c(SC(C)C(=O)NCc2ccc3c(c2)OCO3)nc2ccccc2c1=O. The number of benzene rings is 2. The van der Waals surface area contributed by atoms with Crippen LogP contribution in [0.1, 0.15) is 19.4 Å². The van der Waals surface area contributed by atoms with Gasteiger partial charge in [0.25, 0.3) is 5.56 Å². The van der Waals surface area contributed by atoms with Gasteiger partial charge in [-0.3, -0.25) is 14.2 Å². The first-order valence-corrected chi connectivity index (χ1v) is 10.3. The van der Waals surface area contributed by atoms with Gasteiger partial charge in [-0.15, -0.1) is 0 Å². The molecule has 0 radical (unpaired) electrons. The van der Waals surface area contributed by atoms with Crippen LogP contribution in [0.2, 0.25) is 0 Å². The summed E-state index contributed by atoms with van der Waals surface area (Å²) in [7, 11) is 0. The highest BCUT2D eigenvalue weighted by molar-refractivity contribution is 8.00. The van der Waals surface area contributed by atoms with Crippen molar-refractivity contribution < 1.29 is 14.3 Å². The van der Waals surface area contributed by atoms with Gasteiger partial charge in [-0.05, 0) is 43.7 Å². The van der Waals surface area contributed by atoms with Crippen LogP contribution in [0.4, 0.5) is 0 Å². The third kappa shape index (κ3) is 3.93. The summed E-state index contributed by atoms with van der Waals surface area (Å²) in [6.07, 6.45) is 0. The summed E-state index contributed by atoms with van der Waals surface area (Å²) in [5.41, 5.74) is 1.47. The largest absolute Gasteiger partial charge is 0.454 e. The van der Waals surface area contributed by atoms with Gasteiger partial charge in [0.15, 0.2) is 16.7 Å². The average Bonchev–Trinajstić information content (AvgIpc) is 3.20. The second-order valence-electron chi connectivity index (χ2n) is 6.63. The van der Waals surface area contributed by atoms with E-state index in [2.05, 4.69) is 10.3 Å². The van der Waals surface area contributed by atoms with Gasteiger partial charge < -0.3 is 14.8 Å². The Balaban J connectivity index is 1.46. The maximum atomic E-state index is 12.7. The van der Waals surface area contributed by atoms with Crippen LogP contribution in [0.5, 0.6) is 11.5 Å². The smallest absolute Gasteiger partial charge is 0.262 e. The standard InChI is InChI=1S/C21H21N3O4S/c1-3-24-20(26)15-6-4-5-7-16(15)23-21(24)29-13(2)19(25)22-11-14-8-9-17-18(10-14)28-12-27-17/h4-10,13H,3,11-12H2,1-2H3,(H,22,25). The molecule has 1 unspecified atom stereocenters. The minimum atomic E-state index is -0.408. The zero-order valence-corrected chi connectivity index (χ0v) is 17.0. The van der Waals surface area contributed by atoms with Gasteiger partial charge in [-0.2, -0.15) is 0 Å². The maximum absolute atomic E-state index is 12.7. The van der Waals surface area contributed by atoms with Crippen LogP contribution < -0.4 is 20.3 Å². The number of carbonyl (C=O) groups excluding carboxylic acids is 1. The number of carbonyl (C=O) groups is 1. The molecule has 1 N–H and O–H groups in total. The van der Waals surface area contributed by atoms with Crippen LogP contribution in [0, 0.1) is 0 Å². The number of nitrogens with one attached hydrogen (secondary N) is 1. The lowest BCUT2D eigenvalue weighted by Crippen LogP contribution is -2.31. The van der Waals surface area contributed by atoms with E-state index < -0.39 is 5.25 Å². The predicted molar refractivity (Wildman–Crippen MR) is 111 cm³/mol. The summed E-state index contributed by atoms with van der Waals surface area (Å²) in [4.78, 5) is 29.9. The molecule has 0 saturated carbocycles. The van der Waals surface area contributed by atoms with Crippen LogP contribution in [0.3, 0.4) is 0 Å². The van der Waals surface area contributed by atoms with E-state index in [1.54, 1.807) is 17.6 Å². The van der Waals surface area contributed by atoms with Crippen molar-refractivity contribution in [3.05, 3.63) is 58.4 Å². The lowest BCUT2D eigenvalue weighted by atomic mass is 10.2. The number of amides is 1. The Bertz CT molecular complexity index is 1130. The summed E-state index contributed by atoms with van der Waals surface area (Å²) >= 11 is 1.28. The van der Waals surface area contributed by atoms with Gasteiger partial charge in [-0.1, -0.05) is 30.0 Å². The Morgan fingerprint density at radius 1 is 1.24 bits per heavy atom. The number of hydrogen-bond donors (Lipinski definition) is 1. The molecular weight excluding hydrogens is 390 g/mol. The molecule has 0 spiro atoms. The molecule has 1 aliphatic rings. The monoisotopic (exact) mass is 411 g/mol. The molecule has 0 saturated heterocycles. The van der Waals surface area contributed by atoms with E-state index in [0.29, 0.717) is 40.6 Å². The highest BCUT2D eigenvalue weighted by Gasteiger charge is 2.19. The third-order valence-corrected chi connectivity index (χ3v) is 5.79. The minimum absolute atomic E-state index is 0.0893. The molecule has 0 fully saturated rings. The molecule has 4 rings (SSSR count). The first-order chi connectivity index (χ1) is 14.1. The number of nitrogens with zero attached hydrogens (tertiary/aromatic N) is 2. The molecule has 2 heterocycles. The molecule has 0 bridgehead atoms. The highest BCUT2D eigenvalue weighted by atomic mass is 32.2. The van der Waals surface area contributed by atoms with E-state index in [9.17, 15) is 9.59 Å². The number of fused-ring (bicyclic) bond motifs is 2. The number of hydrogen-bond acceptors (Lipinski definition) is 6. The summed E-state index contributed by atoms with van der Waals surface area (Å²) < 4.78 is 12.3. The fraction of sp³-hybridized carbons (Fsp3) is 0.286. The Morgan fingerprint density at radius 3 is 2.86 bits per heavy atom. The molecule has 0 aliphatic carbocycles. The van der Waals surface area contributed by atoms with Gasteiger partial charge in [0.05, 0.1) is 16.2 Å². The summed E-state index contributed by atoms with van der Waals surface area (Å²) in [6, 6.07) is 12.8. The molecule has 3 aromatic rings. The molecule has 1 atom stereocenters. The predicted octanol–water partition coefficient (Wildman–Crippen LogP) is 2.94. The number of rotatable bonds is 6. The summed E-state index contributed by atoms with van der Waals surface area (Å²) in [5, 5.41) is 3.65. The first-order valence-electron chi connectivity index (χ1n) is 9.39. The van der Waals surface area contributed by atoms with E-state index in [-0.39, 0.29) is 18.3 Å². The first kappa shape index (κ1) is 19.3. The lowest BCUT2D eigenvalue weighted by Gasteiger charge is -2.15. The van der Waals surface area contributed by atoms with Crippen molar-refractivity contribution in [2.24, 2.45) is 0 Å². The van der Waals surface area contributed by atoms with Gasteiger partial charge in [0.1, 0.15) is 0 Å². The van der Waals surface area contributed by atoms with Crippen LogP contribution in [0.15, 0.2) is 52.4 Å². The maximum Gasteiger partial charge on any atom is 0.262 e. The molecule has 7 nitrogen and oxygen atoms in total. The fourth-order valence-corrected chi connectivity index (χ4v) is 4.11. The van der Waals surface area contributed by atoms with Crippen molar-refractivity contribution in [1.29, 1.82) is 0 Å². The molecule has 150 valence electrons. The van der Waals surface area contributed by atoms with Gasteiger partial charge in [0.2, 0.25) is 12.7 Å².